The Kier molecular flexibility index (Phi) is 3.04. The number of hydrogen-bond donors (Lipinski definition) is 2. The number of fused-ring (bicyclic) bond motifs is 1. The van der Waals surface area contributed by atoms with E-state index in [9.17, 15) is 4.79 Å². The zero-order valence-corrected chi connectivity index (χ0v) is 10.5. The first-order chi connectivity index (χ1) is 9.74. The molecule has 3 rings (SSSR count). The molecular weight excluding hydrogens is 256 g/mol. The van der Waals surface area contributed by atoms with Crippen LogP contribution in [-0.2, 0) is 6.54 Å². The van der Waals surface area contributed by atoms with Gasteiger partial charge in [0.15, 0.2) is 5.76 Å². The fourth-order valence-electron chi connectivity index (χ4n) is 1.91. The van der Waals surface area contributed by atoms with Crippen LogP contribution < -0.4 is 11.1 Å². The van der Waals surface area contributed by atoms with Crippen molar-refractivity contribution in [2.75, 3.05) is 5.73 Å². The number of benzene rings is 1. The molecule has 0 aliphatic rings. The highest BCUT2D eigenvalue weighted by molar-refractivity contribution is 5.99. The lowest BCUT2D eigenvalue weighted by Crippen LogP contribution is -2.23. The van der Waals surface area contributed by atoms with E-state index < -0.39 is 0 Å². The molecule has 0 fully saturated rings. The van der Waals surface area contributed by atoms with Gasteiger partial charge in [0.25, 0.3) is 5.91 Å². The number of nitrogens with one attached hydrogen (secondary N) is 1. The summed E-state index contributed by atoms with van der Waals surface area (Å²) < 4.78 is 4.90. The Morgan fingerprint density at radius 2 is 2.15 bits per heavy atom. The van der Waals surface area contributed by atoms with E-state index in [4.69, 9.17) is 10.3 Å². The molecule has 0 saturated heterocycles. The maximum Gasteiger partial charge on any atom is 0.270 e. The van der Waals surface area contributed by atoms with Crippen LogP contribution in [0.5, 0.6) is 0 Å². The zero-order chi connectivity index (χ0) is 13.9. The van der Waals surface area contributed by atoms with Gasteiger partial charge in [0.2, 0.25) is 0 Å². The second kappa shape index (κ2) is 5.00. The first-order valence-corrected chi connectivity index (χ1v) is 6.07. The maximum absolute atomic E-state index is 12.0. The van der Waals surface area contributed by atoms with Crippen molar-refractivity contribution in [3.8, 4) is 0 Å². The molecule has 0 radical (unpaired) electrons. The molecule has 1 amide bonds. The van der Waals surface area contributed by atoms with E-state index in [1.165, 1.54) is 6.20 Å². The molecular formula is C14H12N4O2. The van der Waals surface area contributed by atoms with Crippen LogP contribution in [0, 0.1) is 0 Å². The molecule has 0 unspecified atom stereocenters. The topological polar surface area (TPSA) is 94.0 Å². The third-order valence-electron chi connectivity index (χ3n) is 2.90. The van der Waals surface area contributed by atoms with Gasteiger partial charge in [-0.05, 0) is 12.1 Å². The predicted octanol–water partition coefficient (Wildman–Crippen LogP) is 1.74. The van der Waals surface area contributed by atoms with Crippen molar-refractivity contribution < 1.29 is 9.32 Å². The number of rotatable bonds is 3. The second-order valence-electron chi connectivity index (χ2n) is 4.28. The molecule has 0 spiro atoms. The van der Waals surface area contributed by atoms with E-state index in [1.807, 2.05) is 24.3 Å². The Bertz CT molecular complexity index is 753. The summed E-state index contributed by atoms with van der Waals surface area (Å²) in [6.07, 6.45) is 1.52. The van der Waals surface area contributed by atoms with E-state index in [-0.39, 0.29) is 18.1 Å². The van der Waals surface area contributed by atoms with Gasteiger partial charge in [0.05, 0.1) is 18.3 Å². The molecule has 0 bridgehead atoms. The fourth-order valence-corrected chi connectivity index (χ4v) is 1.91. The van der Waals surface area contributed by atoms with Crippen LogP contribution in [0.3, 0.4) is 0 Å². The fraction of sp³-hybridized carbons (Fsp3) is 0.0714. The summed E-state index contributed by atoms with van der Waals surface area (Å²) in [4.78, 5) is 16.3. The van der Waals surface area contributed by atoms with Crippen LogP contribution in [0.1, 0.15) is 16.2 Å². The molecule has 6 nitrogen and oxygen atoms in total. The lowest BCUT2D eigenvalue weighted by Gasteiger charge is -2.06. The first-order valence-electron chi connectivity index (χ1n) is 6.07. The van der Waals surface area contributed by atoms with Gasteiger partial charge in [-0.25, -0.2) is 4.98 Å². The molecule has 2 aromatic heterocycles. The van der Waals surface area contributed by atoms with Gasteiger partial charge in [-0.3, -0.25) is 4.79 Å². The maximum atomic E-state index is 12.0. The molecule has 0 aliphatic heterocycles. The number of para-hydroxylation sites is 1. The van der Waals surface area contributed by atoms with Crippen LogP contribution in [-0.4, -0.2) is 16.0 Å². The number of carbonyl (C=O) groups excluding carboxylic acids is 1. The molecule has 0 saturated carbocycles. The second-order valence-corrected chi connectivity index (χ2v) is 4.28. The highest BCUT2D eigenvalue weighted by atomic mass is 16.5. The quantitative estimate of drug-likeness (QED) is 0.754. The molecule has 2 heterocycles. The number of anilines is 1. The van der Waals surface area contributed by atoms with Crippen molar-refractivity contribution in [1.82, 2.24) is 15.5 Å². The third-order valence-corrected chi connectivity index (χ3v) is 2.90. The number of nitrogen functional groups attached to an aromatic ring is 1. The molecule has 3 aromatic rings. The summed E-state index contributed by atoms with van der Waals surface area (Å²) in [5.41, 5.74) is 7.44. The highest BCUT2D eigenvalue weighted by Crippen LogP contribution is 2.19. The van der Waals surface area contributed by atoms with E-state index in [1.54, 1.807) is 12.1 Å². The van der Waals surface area contributed by atoms with Gasteiger partial charge in [0, 0.05) is 17.1 Å². The number of nitrogens with two attached hydrogens (primary N) is 1. The summed E-state index contributed by atoms with van der Waals surface area (Å²) in [5.74, 6) is 0.269. The Hall–Kier alpha value is -2.89. The number of pyridine rings is 1. The molecule has 3 N–H and O–H groups in total. The van der Waals surface area contributed by atoms with Crippen LogP contribution in [0.4, 0.5) is 5.69 Å². The number of amides is 1. The zero-order valence-electron chi connectivity index (χ0n) is 10.5. The van der Waals surface area contributed by atoms with E-state index in [0.717, 1.165) is 5.39 Å². The summed E-state index contributed by atoms with van der Waals surface area (Å²) in [5, 5.41) is 7.10. The van der Waals surface area contributed by atoms with Gasteiger partial charge in [-0.2, -0.15) is 0 Å². The normalized spacial score (nSPS) is 10.6. The van der Waals surface area contributed by atoms with Crippen molar-refractivity contribution in [1.29, 1.82) is 0 Å². The number of carbonyl (C=O) groups is 1. The molecule has 6 heteroatoms. The molecule has 0 aliphatic carbocycles. The first kappa shape index (κ1) is 12.2. The van der Waals surface area contributed by atoms with Gasteiger partial charge < -0.3 is 15.6 Å². The summed E-state index contributed by atoms with van der Waals surface area (Å²) in [6.45, 7) is 0.257. The lowest BCUT2D eigenvalue weighted by atomic mass is 10.1. The van der Waals surface area contributed by atoms with Gasteiger partial charge in [-0.15, -0.1) is 0 Å². The SMILES string of the molecule is Nc1cc(C(=O)NCc2ccno2)nc2ccccc12. The van der Waals surface area contributed by atoms with E-state index >= 15 is 0 Å². The van der Waals surface area contributed by atoms with Crippen LogP contribution in [0.15, 0.2) is 47.1 Å². The summed E-state index contributed by atoms with van der Waals surface area (Å²) >= 11 is 0. The van der Waals surface area contributed by atoms with Crippen molar-refractivity contribution in [3.63, 3.8) is 0 Å². The predicted molar refractivity (Wildman–Crippen MR) is 73.8 cm³/mol. The van der Waals surface area contributed by atoms with Gasteiger partial charge in [0.1, 0.15) is 5.69 Å². The minimum absolute atomic E-state index is 0.257. The average molecular weight is 268 g/mol. The monoisotopic (exact) mass is 268 g/mol. The Balaban J connectivity index is 1.84. The standard InChI is InChI=1S/C14H12N4O2/c15-11-7-13(18-12-4-2-1-3-10(11)12)14(19)16-8-9-5-6-17-20-9/h1-7H,8H2,(H2,15,18)(H,16,19). The van der Waals surface area contributed by atoms with Crippen LogP contribution in [0.25, 0.3) is 10.9 Å². The third kappa shape index (κ3) is 2.31. The largest absolute Gasteiger partial charge is 0.398 e. The van der Waals surface area contributed by atoms with Gasteiger partial charge in [-0.1, -0.05) is 23.4 Å². The minimum Gasteiger partial charge on any atom is -0.398 e. The number of hydrogen-bond acceptors (Lipinski definition) is 5. The Morgan fingerprint density at radius 1 is 1.30 bits per heavy atom. The number of nitrogens with zero attached hydrogens (tertiary/aromatic N) is 2. The van der Waals surface area contributed by atoms with Gasteiger partial charge >= 0.3 is 0 Å². The highest BCUT2D eigenvalue weighted by Gasteiger charge is 2.11. The van der Waals surface area contributed by atoms with E-state index in [0.29, 0.717) is 17.0 Å². The van der Waals surface area contributed by atoms with Crippen molar-refractivity contribution in [3.05, 3.63) is 54.0 Å². The van der Waals surface area contributed by atoms with Crippen LogP contribution in [0.2, 0.25) is 0 Å². The Labute approximate surface area is 114 Å². The number of aromatic nitrogens is 2. The van der Waals surface area contributed by atoms with Crippen molar-refractivity contribution in [2.45, 2.75) is 6.54 Å². The molecule has 0 atom stereocenters. The minimum atomic E-state index is -0.307. The molecule has 100 valence electrons. The average Bonchev–Trinajstić information content (AvgIpc) is 2.98. The van der Waals surface area contributed by atoms with Crippen LogP contribution >= 0.6 is 0 Å². The summed E-state index contributed by atoms with van der Waals surface area (Å²) in [7, 11) is 0. The smallest absolute Gasteiger partial charge is 0.270 e. The molecule has 1 aromatic carbocycles. The Morgan fingerprint density at radius 3 is 2.95 bits per heavy atom. The lowest BCUT2D eigenvalue weighted by molar-refractivity contribution is 0.0942. The van der Waals surface area contributed by atoms with Crippen molar-refractivity contribution >= 4 is 22.5 Å². The summed E-state index contributed by atoms with van der Waals surface area (Å²) in [6, 6.07) is 10.7. The van der Waals surface area contributed by atoms with E-state index in [2.05, 4.69) is 15.5 Å². The van der Waals surface area contributed by atoms with Crippen molar-refractivity contribution in [2.24, 2.45) is 0 Å². The molecule has 20 heavy (non-hydrogen) atoms.